The number of nitrogens with one attached hydrogen (secondary N) is 3. The molecule has 0 bridgehead atoms. The lowest BCUT2D eigenvalue weighted by Crippen LogP contribution is -3.14. The highest BCUT2D eigenvalue weighted by Gasteiger charge is 2.37. The molecule has 0 radical (unpaired) electrons. The number of quaternary nitrogens is 1. The monoisotopic (exact) mass is 400 g/mol. The minimum Gasteiger partial charge on any atom is -0.463 e. The molecule has 0 saturated carbocycles. The molecule has 2 aliphatic rings. The van der Waals surface area contributed by atoms with Crippen molar-refractivity contribution in [3.63, 3.8) is 0 Å². The molecule has 6 heteroatoms. The van der Waals surface area contributed by atoms with Crippen LogP contribution in [0.15, 0.2) is 29.5 Å². The van der Waals surface area contributed by atoms with Crippen LogP contribution in [-0.2, 0) is 9.53 Å². The number of amides is 2. The van der Waals surface area contributed by atoms with Crippen LogP contribution in [0.2, 0.25) is 0 Å². The Morgan fingerprint density at radius 3 is 2.55 bits per heavy atom. The second kappa shape index (κ2) is 8.99. The fraction of sp³-hybridized carbons (Fsp3) is 0.565. The average Bonchev–Trinajstić information content (AvgIpc) is 2.62. The Bertz CT molecular complexity index is 808. The molecule has 3 N–H and O–H groups in total. The van der Waals surface area contributed by atoms with Gasteiger partial charge in [0.1, 0.15) is 6.54 Å². The summed E-state index contributed by atoms with van der Waals surface area (Å²) in [5.74, 6) is 0.902. The molecule has 4 atom stereocenters. The highest BCUT2D eigenvalue weighted by molar-refractivity contribution is 5.95. The van der Waals surface area contributed by atoms with Crippen molar-refractivity contribution in [2.75, 3.05) is 26.2 Å². The van der Waals surface area contributed by atoms with E-state index in [0.717, 1.165) is 29.8 Å². The minimum atomic E-state index is -0.503. The Hall–Kier alpha value is -2.34. The van der Waals surface area contributed by atoms with E-state index in [0.29, 0.717) is 36.3 Å². The second-order valence-electron chi connectivity index (χ2n) is 8.79. The summed E-state index contributed by atoms with van der Waals surface area (Å²) in [4.78, 5) is 26.9. The summed E-state index contributed by atoms with van der Waals surface area (Å²) >= 11 is 0. The quantitative estimate of drug-likeness (QED) is 0.663. The van der Waals surface area contributed by atoms with Crippen molar-refractivity contribution in [2.45, 2.75) is 47.1 Å². The molecule has 158 valence electrons. The first-order valence-corrected chi connectivity index (χ1v) is 10.7. The van der Waals surface area contributed by atoms with E-state index >= 15 is 0 Å². The van der Waals surface area contributed by atoms with Gasteiger partial charge in [-0.15, -0.1) is 0 Å². The third-order valence-corrected chi connectivity index (χ3v) is 5.90. The fourth-order valence-corrected chi connectivity index (χ4v) is 4.83. The average molecular weight is 401 g/mol. The Balaban J connectivity index is 2.02. The van der Waals surface area contributed by atoms with E-state index in [2.05, 4.69) is 24.5 Å². The van der Waals surface area contributed by atoms with Gasteiger partial charge < -0.3 is 20.3 Å². The molecule has 1 fully saturated rings. The zero-order valence-corrected chi connectivity index (χ0v) is 18.2. The van der Waals surface area contributed by atoms with Gasteiger partial charge in [0.2, 0.25) is 0 Å². The van der Waals surface area contributed by atoms with Crippen molar-refractivity contribution in [1.29, 1.82) is 0 Å². The van der Waals surface area contributed by atoms with Gasteiger partial charge in [-0.25, -0.2) is 9.59 Å². The highest BCUT2D eigenvalue weighted by atomic mass is 16.5. The zero-order chi connectivity index (χ0) is 21.1. The maximum absolute atomic E-state index is 13.0. The molecule has 0 aliphatic carbocycles. The predicted octanol–water partition coefficient (Wildman–Crippen LogP) is 2.04. The largest absolute Gasteiger partial charge is 0.463 e. The van der Waals surface area contributed by atoms with E-state index in [-0.39, 0.29) is 12.0 Å². The summed E-state index contributed by atoms with van der Waals surface area (Å²) in [6, 6.07) is 5.34. The van der Waals surface area contributed by atoms with Gasteiger partial charge in [0.15, 0.2) is 0 Å². The lowest BCUT2D eigenvalue weighted by atomic mass is 9.89. The Morgan fingerprint density at radius 2 is 1.90 bits per heavy atom. The van der Waals surface area contributed by atoms with Crippen molar-refractivity contribution < 1.29 is 19.2 Å². The molecule has 3 rings (SSSR count). The van der Waals surface area contributed by atoms with E-state index in [4.69, 9.17) is 4.74 Å². The van der Waals surface area contributed by atoms with Gasteiger partial charge in [-0.2, -0.15) is 0 Å². The minimum absolute atomic E-state index is 0.267. The zero-order valence-electron chi connectivity index (χ0n) is 18.2. The van der Waals surface area contributed by atoms with Crippen LogP contribution in [0.4, 0.5) is 4.79 Å². The number of urea groups is 1. The van der Waals surface area contributed by atoms with Crippen LogP contribution in [0.1, 0.15) is 49.9 Å². The molecule has 1 unspecified atom stereocenters. The number of carbonyl (C=O) groups is 2. The van der Waals surface area contributed by atoms with E-state index in [1.165, 1.54) is 11.3 Å². The number of carbonyl (C=O) groups excluding carboxylic acids is 2. The topological polar surface area (TPSA) is 71.9 Å². The van der Waals surface area contributed by atoms with Gasteiger partial charge in [-0.05, 0) is 38.3 Å². The fourth-order valence-electron chi connectivity index (χ4n) is 4.83. The Morgan fingerprint density at radius 1 is 1.21 bits per heavy atom. The van der Waals surface area contributed by atoms with E-state index in [1.54, 1.807) is 6.92 Å². The maximum Gasteiger partial charge on any atom is 0.338 e. The van der Waals surface area contributed by atoms with E-state index in [9.17, 15) is 9.59 Å². The van der Waals surface area contributed by atoms with Gasteiger partial charge >= 0.3 is 12.0 Å². The van der Waals surface area contributed by atoms with Gasteiger partial charge in [0.05, 0.1) is 37.0 Å². The molecule has 1 aromatic carbocycles. The summed E-state index contributed by atoms with van der Waals surface area (Å²) in [7, 11) is 0. The summed E-state index contributed by atoms with van der Waals surface area (Å²) in [6.07, 6.45) is 1.23. The van der Waals surface area contributed by atoms with Gasteiger partial charge in [0.25, 0.3) is 0 Å². The second-order valence-corrected chi connectivity index (χ2v) is 8.79. The first-order chi connectivity index (χ1) is 13.8. The van der Waals surface area contributed by atoms with Crippen molar-refractivity contribution in [3.8, 4) is 0 Å². The third-order valence-electron chi connectivity index (χ3n) is 5.90. The number of aryl methyl sites for hydroxylation is 2. The lowest BCUT2D eigenvalue weighted by Gasteiger charge is -2.35. The normalized spacial score (nSPS) is 27.3. The molecular formula is C23H34N3O3+. The Labute approximate surface area is 173 Å². The maximum atomic E-state index is 13.0. The van der Waals surface area contributed by atoms with Gasteiger partial charge in [0, 0.05) is 11.8 Å². The van der Waals surface area contributed by atoms with Crippen LogP contribution < -0.4 is 15.5 Å². The van der Waals surface area contributed by atoms with Crippen molar-refractivity contribution in [2.24, 2.45) is 11.8 Å². The number of hydrogen-bond donors (Lipinski definition) is 3. The van der Waals surface area contributed by atoms with Crippen LogP contribution in [0.3, 0.4) is 0 Å². The molecule has 0 aromatic heterocycles. The van der Waals surface area contributed by atoms with Crippen molar-refractivity contribution >= 4 is 12.0 Å². The Kier molecular flexibility index (Phi) is 6.63. The van der Waals surface area contributed by atoms with Crippen LogP contribution in [-0.4, -0.2) is 38.2 Å². The van der Waals surface area contributed by atoms with E-state index < -0.39 is 6.04 Å². The molecule has 0 spiro atoms. The number of likely N-dealkylation sites (tertiary alicyclic amines) is 1. The smallest absolute Gasteiger partial charge is 0.338 e. The third kappa shape index (κ3) is 4.99. The van der Waals surface area contributed by atoms with Crippen LogP contribution in [0.5, 0.6) is 0 Å². The van der Waals surface area contributed by atoms with E-state index in [1.807, 2.05) is 32.0 Å². The summed E-state index contributed by atoms with van der Waals surface area (Å²) in [6.45, 7) is 13.4. The SMILES string of the molecule is CCOC(=O)C1=C(C[NH+]2C[C@H](C)C[C@H](C)C2)NC(=O)N[C@H]1c1cc(C)ccc1C. The molecular weight excluding hydrogens is 366 g/mol. The first-order valence-electron chi connectivity index (χ1n) is 10.7. The summed E-state index contributed by atoms with van der Waals surface area (Å²) < 4.78 is 5.40. The molecule has 1 saturated heterocycles. The number of hydrogen-bond acceptors (Lipinski definition) is 3. The number of piperidine rings is 1. The van der Waals surface area contributed by atoms with Crippen LogP contribution in [0, 0.1) is 25.7 Å². The molecule has 2 aliphatic heterocycles. The number of benzene rings is 1. The summed E-state index contributed by atoms with van der Waals surface area (Å²) in [5.41, 5.74) is 4.28. The molecule has 29 heavy (non-hydrogen) atoms. The molecule has 2 amide bonds. The van der Waals surface area contributed by atoms with Crippen LogP contribution >= 0.6 is 0 Å². The number of rotatable bonds is 5. The standard InChI is InChI=1S/C23H33N3O3/c1-6-29-22(27)20-19(13-26-11-15(3)9-16(4)12-26)24-23(28)25-21(20)18-10-14(2)7-8-17(18)5/h7-8,10,15-16,21H,6,9,11-13H2,1-5H3,(H2,24,25,28)/p+1/t15-,16+,21-/m0/s1. The highest BCUT2D eigenvalue weighted by Crippen LogP contribution is 2.30. The predicted molar refractivity (Wildman–Crippen MR) is 112 cm³/mol. The lowest BCUT2D eigenvalue weighted by molar-refractivity contribution is -0.907. The van der Waals surface area contributed by atoms with Crippen molar-refractivity contribution in [1.82, 2.24) is 10.6 Å². The van der Waals surface area contributed by atoms with Crippen LogP contribution in [0.25, 0.3) is 0 Å². The molecule has 2 heterocycles. The van der Waals surface area contributed by atoms with Gasteiger partial charge in [-0.1, -0.05) is 37.6 Å². The van der Waals surface area contributed by atoms with Crippen molar-refractivity contribution in [3.05, 3.63) is 46.2 Å². The number of esters is 1. The van der Waals surface area contributed by atoms with Gasteiger partial charge in [-0.3, -0.25) is 0 Å². The first kappa shape index (κ1) is 21.4. The molecule has 6 nitrogen and oxygen atoms in total. The number of ether oxygens (including phenoxy) is 1. The summed E-state index contributed by atoms with van der Waals surface area (Å²) in [5, 5.41) is 5.88. The molecule has 1 aromatic rings.